The van der Waals surface area contributed by atoms with E-state index in [0.29, 0.717) is 12.5 Å². The number of fused-ring (bicyclic) bond motifs is 1. The molecule has 0 saturated carbocycles. The number of thiophene rings is 1. The zero-order chi connectivity index (χ0) is 17.2. The SMILES string of the molecule is O=C(NC[C@H]1CCN(c2ccc(F)cc2)C1)N1CCc2sccc2C1. The minimum Gasteiger partial charge on any atom is -0.371 e. The maximum atomic E-state index is 13.0. The second-order valence-corrected chi connectivity index (χ2v) is 7.80. The molecule has 4 rings (SSSR count). The number of carbonyl (C=O) groups excluding carboxylic acids is 1. The summed E-state index contributed by atoms with van der Waals surface area (Å²) in [5, 5.41) is 5.21. The fraction of sp³-hybridized carbons (Fsp3) is 0.421. The van der Waals surface area contributed by atoms with E-state index in [1.807, 2.05) is 17.0 Å². The summed E-state index contributed by atoms with van der Waals surface area (Å²) < 4.78 is 13.0. The Morgan fingerprint density at radius 3 is 2.92 bits per heavy atom. The highest BCUT2D eigenvalue weighted by Gasteiger charge is 2.25. The maximum absolute atomic E-state index is 13.0. The van der Waals surface area contributed by atoms with Crippen LogP contribution >= 0.6 is 11.3 Å². The summed E-state index contributed by atoms with van der Waals surface area (Å²) in [5.74, 6) is 0.234. The highest BCUT2D eigenvalue weighted by Crippen LogP contribution is 2.25. The average molecular weight is 359 g/mol. The van der Waals surface area contributed by atoms with Gasteiger partial charge in [-0.3, -0.25) is 0 Å². The molecule has 2 aliphatic rings. The molecule has 1 atom stereocenters. The third-order valence-corrected chi connectivity index (χ3v) is 6.14. The van der Waals surface area contributed by atoms with Crippen LogP contribution in [0.2, 0.25) is 0 Å². The largest absolute Gasteiger partial charge is 0.371 e. The Hall–Kier alpha value is -2.08. The topological polar surface area (TPSA) is 35.6 Å². The lowest BCUT2D eigenvalue weighted by atomic mass is 10.1. The van der Waals surface area contributed by atoms with E-state index in [-0.39, 0.29) is 11.8 Å². The number of rotatable bonds is 3. The van der Waals surface area contributed by atoms with Gasteiger partial charge in [-0.15, -0.1) is 11.3 Å². The standard InChI is InChI=1S/C19H22FN3OS/c20-16-1-3-17(4-2-16)22-8-5-14(12-22)11-21-19(24)23-9-6-18-15(13-23)7-10-25-18/h1-4,7,10,14H,5-6,8-9,11-13H2,(H,21,24)/t14-/m1/s1. The molecular weight excluding hydrogens is 337 g/mol. The molecule has 1 saturated heterocycles. The van der Waals surface area contributed by atoms with Crippen LogP contribution in [0.25, 0.3) is 0 Å². The van der Waals surface area contributed by atoms with E-state index in [2.05, 4.69) is 21.7 Å². The van der Waals surface area contributed by atoms with Gasteiger partial charge in [0, 0.05) is 43.3 Å². The van der Waals surface area contributed by atoms with Crippen molar-refractivity contribution in [1.82, 2.24) is 10.2 Å². The van der Waals surface area contributed by atoms with Gasteiger partial charge in [-0.05, 0) is 60.0 Å². The van der Waals surface area contributed by atoms with Crippen LogP contribution in [0.15, 0.2) is 35.7 Å². The quantitative estimate of drug-likeness (QED) is 0.911. The minimum atomic E-state index is -0.206. The summed E-state index contributed by atoms with van der Waals surface area (Å²) >= 11 is 1.78. The van der Waals surface area contributed by atoms with Crippen molar-refractivity contribution >= 4 is 23.1 Å². The lowest BCUT2D eigenvalue weighted by Gasteiger charge is -2.27. The molecule has 0 bridgehead atoms. The fourth-order valence-electron chi connectivity index (χ4n) is 3.65. The van der Waals surface area contributed by atoms with E-state index in [9.17, 15) is 9.18 Å². The molecule has 0 unspecified atom stereocenters. The van der Waals surface area contributed by atoms with E-state index in [4.69, 9.17) is 0 Å². The number of carbonyl (C=O) groups is 1. The van der Waals surface area contributed by atoms with Crippen LogP contribution in [-0.2, 0) is 13.0 Å². The van der Waals surface area contributed by atoms with Gasteiger partial charge in [0.2, 0.25) is 0 Å². The number of anilines is 1. The predicted molar refractivity (Wildman–Crippen MR) is 98.6 cm³/mol. The van der Waals surface area contributed by atoms with E-state index >= 15 is 0 Å². The van der Waals surface area contributed by atoms with Crippen LogP contribution in [0.1, 0.15) is 16.9 Å². The molecule has 4 nitrogen and oxygen atoms in total. The molecule has 132 valence electrons. The van der Waals surface area contributed by atoms with E-state index in [1.54, 1.807) is 11.3 Å². The Morgan fingerprint density at radius 1 is 1.24 bits per heavy atom. The number of nitrogens with one attached hydrogen (secondary N) is 1. The fourth-order valence-corrected chi connectivity index (χ4v) is 4.54. The van der Waals surface area contributed by atoms with Crippen molar-refractivity contribution in [3.8, 4) is 0 Å². The first kappa shape index (κ1) is 16.4. The van der Waals surface area contributed by atoms with Gasteiger partial charge in [0.25, 0.3) is 0 Å². The van der Waals surface area contributed by atoms with Crippen molar-refractivity contribution in [2.24, 2.45) is 5.92 Å². The molecule has 0 aliphatic carbocycles. The Kier molecular flexibility index (Phi) is 4.61. The summed E-state index contributed by atoms with van der Waals surface area (Å²) in [6.07, 6.45) is 2.01. The molecule has 3 heterocycles. The smallest absolute Gasteiger partial charge is 0.317 e. The van der Waals surface area contributed by atoms with Gasteiger partial charge in [-0.2, -0.15) is 0 Å². The molecule has 0 radical (unpaired) electrons. The number of nitrogens with zero attached hydrogens (tertiary/aromatic N) is 2. The lowest BCUT2D eigenvalue weighted by Crippen LogP contribution is -2.44. The first-order valence-electron chi connectivity index (χ1n) is 8.77. The molecule has 0 spiro atoms. The highest BCUT2D eigenvalue weighted by molar-refractivity contribution is 7.10. The van der Waals surface area contributed by atoms with Crippen molar-refractivity contribution in [1.29, 1.82) is 0 Å². The summed E-state index contributed by atoms with van der Waals surface area (Å²) in [4.78, 5) is 18.0. The molecule has 1 aromatic heterocycles. The summed E-state index contributed by atoms with van der Waals surface area (Å²) in [5.41, 5.74) is 2.34. The second-order valence-electron chi connectivity index (χ2n) is 6.80. The zero-order valence-electron chi connectivity index (χ0n) is 14.1. The van der Waals surface area contributed by atoms with E-state index < -0.39 is 0 Å². The molecule has 6 heteroatoms. The van der Waals surface area contributed by atoms with Crippen LogP contribution < -0.4 is 10.2 Å². The van der Waals surface area contributed by atoms with E-state index in [1.165, 1.54) is 22.6 Å². The lowest BCUT2D eigenvalue weighted by molar-refractivity contribution is 0.191. The number of urea groups is 1. The molecule has 1 N–H and O–H groups in total. The Balaban J connectivity index is 1.26. The van der Waals surface area contributed by atoms with Crippen molar-refractivity contribution in [3.63, 3.8) is 0 Å². The van der Waals surface area contributed by atoms with Crippen molar-refractivity contribution < 1.29 is 9.18 Å². The van der Waals surface area contributed by atoms with Crippen LogP contribution in [0.3, 0.4) is 0 Å². The molecule has 25 heavy (non-hydrogen) atoms. The third kappa shape index (κ3) is 3.63. The van der Waals surface area contributed by atoms with Gasteiger partial charge < -0.3 is 15.1 Å². The summed E-state index contributed by atoms with van der Waals surface area (Å²) in [6, 6.07) is 8.80. The minimum absolute atomic E-state index is 0.0390. The number of benzene rings is 1. The van der Waals surface area contributed by atoms with Crippen molar-refractivity contribution in [2.45, 2.75) is 19.4 Å². The van der Waals surface area contributed by atoms with Gasteiger partial charge in [0.1, 0.15) is 5.82 Å². The Labute approximate surface area is 151 Å². The molecule has 2 aliphatic heterocycles. The first-order chi connectivity index (χ1) is 12.2. The number of amides is 2. The summed E-state index contributed by atoms with van der Waals surface area (Å²) in [7, 11) is 0. The molecule has 1 aromatic carbocycles. The monoisotopic (exact) mass is 359 g/mol. The molecule has 1 fully saturated rings. The van der Waals surface area contributed by atoms with Crippen molar-refractivity contribution in [2.75, 3.05) is 31.1 Å². The average Bonchev–Trinajstić information content (AvgIpc) is 3.29. The number of halogens is 1. The Morgan fingerprint density at radius 2 is 2.08 bits per heavy atom. The maximum Gasteiger partial charge on any atom is 0.317 e. The van der Waals surface area contributed by atoms with Crippen molar-refractivity contribution in [3.05, 3.63) is 52.0 Å². The van der Waals surface area contributed by atoms with Gasteiger partial charge in [-0.1, -0.05) is 0 Å². The predicted octanol–water partition coefficient (Wildman–Crippen LogP) is 3.48. The van der Waals surface area contributed by atoms with Gasteiger partial charge in [-0.25, -0.2) is 9.18 Å². The van der Waals surface area contributed by atoms with Gasteiger partial charge >= 0.3 is 6.03 Å². The van der Waals surface area contributed by atoms with Crippen LogP contribution in [-0.4, -0.2) is 37.1 Å². The van der Waals surface area contributed by atoms with Crippen LogP contribution in [0.4, 0.5) is 14.9 Å². The van der Waals surface area contributed by atoms with Crippen LogP contribution in [0, 0.1) is 11.7 Å². The second kappa shape index (κ2) is 7.04. The molecule has 2 amide bonds. The van der Waals surface area contributed by atoms with E-state index in [0.717, 1.165) is 44.7 Å². The third-order valence-electron chi connectivity index (χ3n) is 5.11. The Bertz CT molecular complexity index is 745. The molecule has 2 aromatic rings. The number of hydrogen-bond donors (Lipinski definition) is 1. The first-order valence-corrected chi connectivity index (χ1v) is 9.65. The zero-order valence-corrected chi connectivity index (χ0v) is 14.9. The normalized spacial score (nSPS) is 19.8. The highest BCUT2D eigenvalue weighted by atomic mass is 32.1. The molecular formula is C19H22FN3OS. The van der Waals surface area contributed by atoms with Gasteiger partial charge in [0.05, 0.1) is 0 Å². The summed E-state index contributed by atoms with van der Waals surface area (Å²) in [6.45, 7) is 4.07. The number of hydrogen-bond acceptors (Lipinski definition) is 3. The van der Waals surface area contributed by atoms with Gasteiger partial charge in [0.15, 0.2) is 0 Å². The van der Waals surface area contributed by atoms with Crippen LogP contribution in [0.5, 0.6) is 0 Å².